The average Bonchev–Trinajstić information content (AvgIpc) is 3.33. The summed E-state index contributed by atoms with van der Waals surface area (Å²) >= 11 is 0. The van der Waals surface area contributed by atoms with E-state index in [1.54, 1.807) is 12.3 Å². The minimum Gasteiger partial charge on any atom is -0.379 e. The second-order valence-electron chi connectivity index (χ2n) is 5.78. The summed E-state index contributed by atoms with van der Waals surface area (Å²) in [5.74, 6) is 1.26. The van der Waals surface area contributed by atoms with Gasteiger partial charge in [-0.1, -0.05) is 6.07 Å². The first kappa shape index (κ1) is 13.8. The van der Waals surface area contributed by atoms with E-state index in [1.807, 2.05) is 6.07 Å². The van der Waals surface area contributed by atoms with Crippen LogP contribution in [0.25, 0.3) is 5.65 Å². The molecule has 116 valence electrons. The summed E-state index contributed by atoms with van der Waals surface area (Å²) in [5, 5.41) is 5.84. The van der Waals surface area contributed by atoms with Crippen molar-refractivity contribution in [3.8, 4) is 0 Å². The van der Waals surface area contributed by atoms with Gasteiger partial charge < -0.3 is 15.0 Å². The van der Waals surface area contributed by atoms with Crippen molar-refractivity contribution in [2.75, 3.05) is 10.6 Å². The van der Waals surface area contributed by atoms with Crippen LogP contribution in [0.2, 0.25) is 0 Å². The Morgan fingerprint density at radius 2 is 2.17 bits per heavy atom. The molecule has 0 radical (unpaired) electrons. The van der Waals surface area contributed by atoms with Crippen LogP contribution in [-0.2, 0) is 11.3 Å². The van der Waals surface area contributed by atoms with Gasteiger partial charge in [-0.2, -0.15) is 0 Å². The highest BCUT2D eigenvalue weighted by atomic mass is 16.1. The van der Waals surface area contributed by atoms with Gasteiger partial charge in [0.1, 0.15) is 11.5 Å². The van der Waals surface area contributed by atoms with Gasteiger partial charge in [-0.15, -0.1) is 0 Å². The van der Waals surface area contributed by atoms with Crippen LogP contribution < -0.4 is 10.6 Å². The molecule has 3 heterocycles. The molecule has 3 aromatic rings. The van der Waals surface area contributed by atoms with Gasteiger partial charge in [0.2, 0.25) is 6.41 Å². The molecular formula is C17H17N5O. The Balaban J connectivity index is 1.49. The fraction of sp³-hybridized carbons (Fsp3) is 0.235. The standard InChI is InChI=1S/C17H17N5O/c23-11-20-16-7-14(5-6-18-16)19-8-15-10-22-9-13(12-1-2-12)3-4-17(22)21-15/h3-7,9-12H,1-2,8H2,(H2,18,19,20,23). The summed E-state index contributed by atoms with van der Waals surface area (Å²) < 4.78 is 2.09. The maximum Gasteiger partial charge on any atom is 0.212 e. The summed E-state index contributed by atoms with van der Waals surface area (Å²) in [6.45, 7) is 0.616. The van der Waals surface area contributed by atoms with Gasteiger partial charge in [-0.05, 0) is 36.5 Å². The number of carbonyl (C=O) groups excluding carboxylic acids is 1. The maximum atomic E-state index is 10.5. The van der Waals surface area contributed by atoms with Crippen LogP contribution in [0.15, 0.2) is 42.9 Å². The predicted octanol–water partition coefficient (Wildman–Crippen LogP) is 2.79. The number of nitrogens with zero attached hydrogens (tertiary/aromatic N) is 3. The number of imidazole rings is 1. The molecule has 1 aliphatic rings. The molecule has 0 saturated heterocycles. The number of amides is 1. The minimum atomic E-state index is 0.522. The lowest BCUT2D eigenvalue weighted by Crippen LogP contribution is -2.02. The SMILES string of the molecule is O=CNc1cc(NCc2cn3cc(C4CC4)ccc3n2)ccn1. The summed E-state index contributed by atoms with van der Waals surface area (Å²) in [6, 6.07) is 7.90. The zero-order valence-corrected chi connectivity index (χ0v) is 12.6. The van der Waals surface area contributed by atoms with E-state index in [4.69, 9.17) is 0 Å². The number of hydrogen-bond donors (Lipinski definition) is 2. The minimum absolute atomic E-state index is 0.522. The van der Waals surface area contributed by atoms with E-state index < -0.39 is 0 Å². The topological polar surface area (TPSA) is 71.3 Å². The predicted molar refractivity (Wildman–Crippen MR) is 88.4 cm³/mol. The van der Waals surface area contributed by atoms with Gasteiger partial charge in [0.15, 0.2) is 0 Å². The third kappa shape index (κ3) is 3.01. The monoisotopic (exact) mass is 307 g/mol. The van der Waals surface area contributed by atoms with Crippen molar-refractivity contribution >= 4 is 23.6 Å². The molecule has 0 aromatic carbocycles. The first-order valence-electron chi connectivity index (χ1n) is 7.69. The second kappa shape index (κ2) is 5.72. The van der Waals surface area contributed by atoms with Gasteiger partial charge in [-0.3, -0.25) is 4.79 Å². The summed E-state index contributed by atoms with van der Waals surface area (Å²) in [7, 11) is 0. The number of hydrogen-bond acceptors (Lipinski definition) is 4. The number of aromatic nitrogens is 3. The first-order valence-corrected chi connectivity index (χ1v) is 7.69. The van der Waals surface area contributed by atoms with Crippen molar-refractivity contribution in [1.29, 1.82) is 0 Å². The quantitative estimate of drug-likeness (QED) is 0.687. The lowest BCUT2D eigenvalue weighted by molar-refractivity contribution is -0.105. The zero-order valence-electron chi connectivity index (χ0n) is 12.6. The average molecular weight is 307 g/mol. The molecule has 23 heavy (non-hydrogen) atoms. The molecule has 0 spiro atoms. The van der Waals surface area contributed by atoms with Crippen LogP contribution in [0.4, 0.5) is 11.5 Å². The lowest BCUT2D eigenvalue weighted by Gasteiger charge is -2.05. The van der Waals surface area contributed by atoms with E-state index in [1.165, 1.54) is 18.4 Å². The third-order valence-electron chi connectivity index (χ3n) is 4.01. The smallest absolute Gasteiger partial charge is 0.212 e. The molecular weight excluding hydrogens is 290 g/mol. The summed E-state index contributed by atoms with van der Waals surface area (Å²) in [4.78, 5) is 19.1. The Kier molecular flexibility index (Phi) is 3.42. The number of carbonyl (C=O) groups is 1. The van der Waals surface area contributed by atoms with E-state index in [9.17, 15) is 4.79 Å². The fourth-order valence-corrected chi connectivity index (χ4v) is 2.68. The molecule has 6 heteroatoms. The Bertz CT molecular complexity index is 853. The number of nitrogens with one attached hydrogen (secondary N) is 2. The Labute approximate surface area is 133 Å². The number of pyridine rings is 2. The molecule has 1 fully saturated rings. The van der Waals surface area contributed by atoms with Crippen molar-refractivity contribution in [3.05, 3.63) is 54.1 Å². The van der Waals surface area contributed by atoms with Gasteiger partial charge in [-0.25, -0.2) is 9.97 Å². The number of rotatable bonds is 6. The van der Waals surface area contributed by atoms with E-state index in [2.05, 4.69) is 49.5 Å². The van der Waals surface area contributed by atoms with Gasteiger partial charge >= 0.3 is 0 Å². The molecule has 1 aliphatic carbocycles. The molecule has 0 atom stereocenters. The van der Waals surface area contributed by atoms with Crippen molar-refractivity contribution in [1.82, 2.24) is 14.4 Å². The van der Waals surface area contributed by atoms with E-state index in [0.29, 0.717) is 18.8 Å². The largest absolute Gasteiger partial charge is 0.379 e. The second-order valence-corrected chi connectivity index (χ2v) is 5.78. The molecule has 2 N–H and O–H groups in total. The molecule has 6 nitrogen and oxygen atoms in total. The Morgan fingerprint density at radius 1 is 1.26 bits per heavy atom. The molecule has 1 amide bonds. The van der Waals surface area contributed by atoms with Crippen LogP contribution >= 0.6 is 0 Å². The molecule has 1 saturated carbocycles. The highest BCUT2D eigenvalue weighted by Gasteiger charge is 2.23. The normalized spacial score (nSPS) is 13.9. The van der Waals surface area contributed by atoms with Crippen LogP contribution in [-0.4, -0.2) is 20.8 Å². The van der Waals surface area contributed by atoms with Crippen LogP contribution in [0.1, 0.15) is 30.0 Å². The number of fused-ring (bicyclic) bond motifs is 1. The highest BCUT2D eigenvalue weighted by molar-refractivity contribution is 5.70. The summed E-state index contributed by atoms with van der Waals surface area (Å²) in [6.07, 6.45) is 9.11. The van der Waals surface area contributed by atoms with Gasteiger partial charge in [0.05, 0.1) is 12.2 Å². The molecule has 4 rings (SSSR count). The Morgan fingerprint density at radius 3 is 3.00 bits per heavy atom. The lowest BCUT2D eigenvalue weighted by atomic mass is 10.2. The molecule has 3 aromatic heterocycles. The van der Waals surface area contributed by atoms with Crippen LogP contribution in [0.3, 0.4) is 0 Å². The van der Waals surface area contributed by atoms with Crippen molar-refractivity contribution in [3.63, 3.8) is 0 Å². The fourth-order valence-electron chi connectivity index (χ4n) is 2.68. The van der Waals surface area contributed by atoms with Gasteiger partial charge in [0.25, 0.3) is 0 Å². The summed E-state index contributed by atoms with van der Waals surface area (Å²) in [5.41, 5.74) is 4.22. The molecule has 0 bridgehead atoms. The molecule has 0 aliphatic heterocycles. The van der Waals surface area contributed by atoms with E-state index >= 15 is 0 Å². The molecule has 0 unspecified atom stereocenters. The van der Waals surface area contributed by atoms with E-state index in [-0.39, 0.29) is 0 Å². The van der Waals surface area contributed by atoms with Crippen LogP contribution in [0.5, 0.6) is 0 Å². The number of anilines is 2. The van der Waals surface area contributed by atoms with Crippen molar-refractivity contribution in [2.24, 2.45) is 0 Å². The van der Waals surface area contributed by atoms with E-state index in [0.717, 1.165) is 22.9 Å². The first-order chi connectivity index (χ1) is 11.3. The van der Waals surface area contributed by atoms with Crippen molar-refractivity contribution in [2.45, 2.75) is 25.3 Å². The van der Waals surface area contributed by atoms with Crippen LogP contribution in [0, 0.1) is 0 Å². The zero-order chi connectivity index (χ0) is 15.6. The van der Waals surface area contributed by atoms with Crippen molar-refractivity contribution < 1.29 is 4.79 Å². The highest BCUT2D eigenvalue weighted by Crippen LogP contribution is 2.39. The Hall–Kier alpha value is -2.89. The maximum absolute atomic E-state index is 10.5. The third-order valence-corrected chi connectivity index (χ3v) is 4.01. The van der Waals surface area contributed by atoms with Gasteiger partial charge in [0, 0.05) is 30.3 Å².